The Morgan fingerprint density at radius 3 is 2.88 bits per heavy atom. The smallest absolute Gasteiger partial charge is 0.225 e. The van der Waals surface area contributed by atoms with E-state index in [1.165, 1.54) is 12.8 Å². The summed E-state index contributed by atoms with van der Waals surface area (Å²) < 4.78 is 4.23. The summed E-state index contributed by atoms with van der Waals surface area (Å²) in [6.45, 7) is 0.888. The van der Waals surface area contributed by atoms with Crippen LogP contribution in [0, 0.1) is 0 Å². The van der Waals surface area contributed by atoms with Crippen LogP contribution in [-0.4, -0.2) is 35.8 Å². The molecule has 0 bridgehead atoms. The second-order valence-electron chi connectivity index (χ2n) is 6.27. The summed E-state index contributed by atoms with van der Waals surface area (Å²) in [5.74, 6) is 0. The Balaban J connectivity index is 1.83. The molecule has 1 aliphatic carbocycles. The van der Waals surface area contributed by atoms with E-state index in [1.54, 1.807) is 0 Å². The lowest BCUT2D eigenvalue weighted by Crippen LogP contribution is -2.05. The van der Waals surface area contributed by atoms with Crippen LogP contribution >= 0.6 is 11.6 Å². The Kier molecular flexibility index (Phi) is 4.24. The maximum atomic E-state index is 9.09. The second kappa shape index (κ2) is 6.53. The van der Waals surface area contributed by atoms with Gasteiger partial charge in [0.2, 0.25) is 5.28 Å². The average Bonchev–Trinajstić information content (AvgIpc) is 3.31. The van der Waals surface area contributed by atoms with Gasteiger partial charge >= 0.3 is 0 Å². The molecule has 0 aliphatic heterocycles. The zero-order valence-corrected chi connectivity index (χ0v) is 14.2. The standard InChI is InChI=1S/C17H20ClN5O/c18-17-20-14(13-7-3-8-22(13)9-4-10-24)15-16(21-17)23(11-19-15)12-5-1-2-6-12/h3,7-8,11-12,24H,1-2,4-6,9-10H2. The quantitative estimate of drug-likeness (QED) is 0.719. The van der Waals surface area contributed by atoms with E-state index in [4.69, 9.17) is 16.7 Å². The van der Waals surface area contributed by atoms with Crippen LogP contribution in [0.15, 0.2) is 24.7 Å². The van der Waals surface area contributed by atoms with Crippen molar-refractivity contribution in [1.29, 1.82) is 0 Å². The summed E-state index contributed by atoms with van der Waals surface area (Å²) in [6, 6.07) is 4.43. The molecule has 1 saturated carbocycles. The van der Waals surface area contributed by atoms with E-state index >= 15 is 0 Å². The third-order valence-corrected chi connectivity index (χ3v) is 4.91. The monoisotopic (exact) mass is 345 g/mol. The minimum atomic E-state index is 0.161. The first-order valence-electron chi connectivity index (χ1n) is 8.44. The topological polar surface area (TPSA) is 68.8 Å². The zero-order valence-electron chi connectivity index (χ0n) is 13.4. The number of rotatable bonds is 5. The molecule has 0 aromatic carbocycles. The summed E-state index contributed by atoms with van der Waals surface area (Å²) in [5, 5.41) is 9.33. The molecule has 0 unspecified atom stereocenters. The van der Waals surface area contributed by atoms with Gasteiger partial charge in [0.1, 0.15) is 11.2 Å². The Bertz CT molecular complexity index is 850. The molecule has 0 spiro atoms. The van der Waals surface area contributed by atoms with Crippen LogP contribution in [0.1, 0.15) is 38.1 Å². The summed E-state index contributed by atoms with van der Waals surface area (Å²) in [7, 11) is 0. The van der Waals surface area contributed by atoms with Crippen molar-refractivity contribution < 1.29 is 5.11 Å². The molecule has 1 aliphatic rings. The van der Waals surface area contributed by atoms with E-state index < -0.39 is 0 Å². The van der Waals surface area contributed by atoms with Gasteiger partial charge in [-0.3, -0.25) is 0 Å². The van der Waals surface area contributed by atoms with Gasteiger partial charge in [-0.05, 0) is 43.0 Å². The van der Waals surface area contributed by atoms with Crippen LogP contribution in [0.2, 0.25) is 5.28 Å². The van der Waals surface area contributed by atoms with Crippen molar-refractivity contribution in [2.24, 2.45) is 0 Å². The molecule has 0 atom stereocenters. The minimum absolute atomic E-state index is 0.161. The number of aliphatic hydroxyl groups is 1. The number of hydrogen-bond donors (Lipinski definition) is 1. The molecule has 3 heterocycles. The number of imidazole rings is 1. The summed E-state index contributed by atoms with van der Waals surface area (Å²) in [6.07, 6.45) is 9.38. The molecule has 0 radical (unpaired) electrons. The van der Waals surface area contributed by atoms with Gasteiger partial charge in [0.15, 0.2) is 5.65 Å². The molecule has 0 saturated heterocycles. The predicted molar refractivity (Wildman–Crippen MR) is 93.0 cm³/mol. The van der Waals surface area contributed by atoms with Crippen molar-refractivity contribution in [1.82, 2.24) is 24.1 Å². The van der Waals surface area contributed by atoms with Crippen LogP contribution in [0.4, 0.5) is 0 Å². The summed E-state index contributed by atoms with van der Waals surface area (Å²) in [4.78, 5) is 13.5. The molecule has 1 N–H and O–H groups in total. The lowest BCUT2D eigenvalue weighted by atomic mass is 10.2. The highest BCUT2D eigenvalue weighted by atomic mass is 35.5. The van der Waals surface area contributed by atoms with Gasteiger partial charge in [-0.25, -0.2) is 9.97 Å². The third-order valence-electron chi connectivity index (χ3n) is 4.74. The second-order valence-corrected chi connectivity index (χ2v) is 6.61. The number of hydrogen-bond acceptors (Lipinski definition) is 4. The van der Waals surface area contributed by atoms with Gasteiger partial charge in [0.25, 0.3) is 0 Å². The van der Waals surface area contributed by atoms with Crippen molar-refractivity contribution in [2.45, 2.75) is 44.7 Å². The number of aryl methyl sites for hydroxylation is 1. The van der Waals surface area contributed by atoms with Gasteiger partial charge in [0.05, 0.1) is 12.0 Å². The first kappa shape index (κ1) is 15.6. The van der Waals surface area contributed by atoms with Crippen LogP contribution < -0.4 is 0 Å². The van der Waals surface area contributed by atoms with Gasteiger partial charge in [-0.2, -0.15) is 4.98 Å². The van der Waals surface area contributed by atoms with E-state index in [1.807, 2.05) is 24.7 Å². The number of fused-ring (bicyclic) bond motifs is 1. The molecule has 6 nitrogen and oxygen atoms in total. The highest BCUT2D eigenvalue weighted by Crippen LogP contribution is 2.34. The van der Waals surface area contributed by atoms with Gasteiger partial charge in [0, 0.05) is 25.4 Å². The normalized spacial score (nSPS) is 15.6. The van der Waals surface area contributed by atoms with Gasteiger partial charge in [-0.15, -0.1) is 0 Å². The molecule has 4 rings (SSSR count). The van der Waals surface area contributed by atoms with Crippen LogP contribution in [0.25, 0.3) is 22.6 Å². The first-order valence-corrected chi connectivity index (χ1v) is 8.82. The van der Waals surface area contributed by atoms with E-state index in [0.29, 0.717) is 12.5 Å². The largest absolute Gasteiger partial charge is 0.396 e. The highest BCUT2D eigenvalue weighted by molar-refractivity contribution is 6.28. The van der Waals surface area contributed by atoms with Crippen molar-refractivity contribution in [3.8, 4) is 11.4 Å². The molecule has 24 heavy (non-hydrogen) atoms. The molecule has 1 fully saturated rings. The molecule has 0 amide bonds. The van der Waals surface area contributed by atoms with Crippen molar-refractivity contribution in [3.63, 3.8) is 0 Å². The molecule has 3 aromatic heterocycles. The Hall–Kier alpha value is -1.92. The molecule has 126 valence electrons. The lowest BCUT2D eigenvalue weighted by molar-refractivity contribution is 0.280. The predicted octanol–water partition coefficient (Wildman–Crippen LogP) is 3.45. The Morgan fingerprint density at radius 1 is 1.25 bits per heavy atom. The van der Waals surface area contributed by atoms with Gasteiger partial charge < -0.3 is 14.2 Å². The van der Waals surface area contributed by atoms with E-state index in [2.05, 4.69) is 24.1 Å². The minimum Gasteiger partial charge on any atom is -0.396 e. The molecular formula is C17H20ClN5O. The fourth-order valence-electron chi connectivity index (χ4n) is 3.58. The maximum absolute atomic E-state index is 9.09. The molecular weight excluding hydrogens is 326 g/mol. The van der Waals surface area contributed by atoms with Crippen LogP contribution in [0.5, 0.6) is 0 Å². The third kappa shape index (κ3) is 2.70. The van der Waals surface area contributed by atoms with Crippen molar-refractivity contribution >= 4 is 22.8 Å². The number of nitrogens with zero attached hydrogens (tertiary/aromatic N) is 5. The van der Waals surface area contributed by atoms with Crippen molar-refractivity contribution in [3.05, 3.63) is 29.9 Å². The Morgan fingerprint density at radius 2 is 2.08 bits per heavy atom. The number of aromatic nitrogens is 5. The summed E-state index contributed by atoms with van der Waals surface area (Å²) in [5.41, 5.74) is 3.31. The number of aliphatic hydroxyl groups excluding tert-OH is 1. The molecule has 7 heteroatoms. The van der Waals surface area contributed by atoms with Crippen LogP contribution in [0.3, 0.4) is 0 Å². The Labute approximate surface area is 145 Å². The van der Waals surface area contributed by atoms with Crippen molar-refractivity contribution in [2.75, 3.05) is 6.61 Å². The van der Waals surface area contributed by atoms with E-state index in [0.717, 1.165) is 41.9 Å². The first-order chi connectivity index (χ1) is 11.8. The number of halogens is 1. The average molecular weight is 346 g/mol. The zero-order chi connectivity index (χ0) is 16.5. The fraction of sp³-hybridized carbons (Fsp3) is 0.471. The van der Waals surface area contributed by atoms with Gasteiger partial charge in [-0.1, -0.05) is 12.8 Å². The summed E-state index contributed by atoms with van der Waals surface area (Å²) >= 11 is 6.22. The highest BCUT2D eigenvalue weighted by Gasteiger charge is 2.22. The fourth-order valence-corrected chi connectivity index (χ4v) is 3.75. The van der Waals surface area contributed by atoms with Crippen LogP contribution in [-0.2, 0) is 6.54 Å². The maximum Gasteiger partial charge on any atom is 0.225 e. The van der Waals surface area contributed by atoms with E-state index in [-0.39, 0.29) is 11.9 Å². The molecule has 3 aromatic rings. The SMILES string of the molecule is OCCCn1cccc1-c1nc(Cl)nc2c1ncn2C1CCCC1. The van der Waals surface area contributed by atoms with E-state index in [9.17, 15) is 0 Å². The lowest BCUT2D eigenvalue weighted by Gasteiger charge is -2.12.